The van der Waals surface area contributed by atoms with Gasteiger partial charge >= 0.3 is 0 Å². The third-order valence-electron chi connectivity index (χ3n) is 3.35. The summed E-state index contributed by atoms with van der Waals surface area (Å²) in [5, 5.41) is 0. The quantitative estimate of drug-likeness (QED) is 0.784. The van der Waals surface area contributed by atoms with E-state index in [9.17, 15) is 13.6 Å². The highest BCUT2D eigenvalue weighted by Crippen LogP contribution is 2.13. The Morgan fingerprint density at radius 1 is 1.14 bits per heavy atom. The van der Waals surface area contributed by atoms with E-state index in [-0.39, 0.29) is 17.9 Å². The molecule has 2 aromatic rings. The van der Waals surface area contributed by atoms with Crippen LogP contribution in [0.3, 0.4) is 0 Å². The van der Waals surface area contributed by atoms with Crippen LogP contribution >= 0.6 is 0 Å². The summed E-state index contributed by atoms with van der Waals surface area (Å²) in [5.74, 6) is -1.86. The summed E-state index contributed by atoms with van der Waals surface area (Å²) in [6.45, 7) is 2.68. The second-order valence-electron chi connectivity index (χ2n) is 5.15. The highest BCUT2D eigenvalue weighted by atomic mass is 19.1. The number of nitrogens with zero attached hydrogens (tertiary/aromatic N) is 1. The molecular weight excluding hydrogens is 272 g/mol. The number of halogens is 2. The van der Waals surface area contributed by atoms with Crippen LogP contribution in [0.2, 0.25) is 0 Å². The number of hydrogen-bond donors (Lipinski definition) is 0. The van der Waals surface area contributed by atoms with Gasteiger partial charge < -0.3 is 0 Å². The van der Waals surface area contributed by atoms with Crippen molar-refractivity contribution >= 4 is 5.78 Å². The van der Waals surface area contributed by atoms with Crippen LogP contribution in [0.5, 0.6) is 0 Å². The Bertz CT molecular complexity index is 655. The van der Waals surface area contributed by atoms with Crippen LogP contribution < -0.4 is 0 Å². The number of rotatable bonds is 5. The monoisotopic (exact) mass is 289 g/mol. The molecule has 0 unspecified atom stereocenters. The first-order valence-corrected chi connectivity index (χ1v) is 6.68. The van der Waals surface area contributed by atoms with E-state index in [4.69, 9.17) is 0 Å². The molecule has 0 radical (unpaired) electrons. The van der Waals surface area contributed by atoms with Crippen molar-refractivity contribution in [3.05, 3.63) is 70.8 Å². The van der Waals surface area contributed by atoms with E-state index in [0.29, 0.717) is 6.54 Å². The van der Waals surface area contributed by atoms with Crippen LogP contribution in [0.25, 0.3) is 0 Å². The predicted molar refractivity (Wildman–Crippen MR) is 78.2 cm³/mol. The maximum absolute atomic E-state index is 13.6. The highest BCUT2D eigenvalue weighted by Gasteiger charge is 2.15. The summed E-state index contributed by atoms with van der Waals surface area (Å²) in [7, 11) is 1.80. The van der Waals surface area contributed by atoms with Crippen molar-refractivity contribution in [1.29, 1.82) is 0 Å². The molecule has 0 bridgehead atoms. The van der Waals surface area contributed by atoms with Crippen molar-refractivity contribution in [2.45, 2.75) is 13.5 Å². The van der Waals surface area contributed by atoms with Crippen molar-refractivity contribution in [2.24, 2.45) is 0 Å². The molecule has 0 aromatic heterocycles. The fourth-order valence-electron chi connectivity index (χ4n) is 2.18. The van der Waals surface area contributed by atoms with E-state index in [1.54, 1.807) is 7.05 Å². The standard InChI is InChI=1S/C17H17F2NO/c1-12-5-3-4-6-13(12)10-20(2)11-17(21)15-8-7-14(18)9-16(15)19/h3-9H,10-11H2,1-2H3. The lowest BCUT2D eigenvalue weighted by Gasteiger charge is -2.17. The van der Waals surface area contributed by atoms with Crippen molar-refractivity contribution in [1.82, 2.24) is 4.90 Å². The summed E-state index contributed by atoms with van der Waals surface area (Å²) < 4.78 is 26.4. The number of ketones is 1. The topological polar surface area (TPSA) is 20.3 Å². The number of aryl methyl sites for hydroxylation is 1. The Balaban J connectivity index is 2.04. The third kappa shape index (κ3) is 3.95. The fraction of sp³-hybridized carbons (Fsp3) is 0.235. The van der Waals surface area contributed by atoms with Crippen molar-refractivity contribution in [3.8, 4) is 0 Å². The molecular formula is C17H17F2NO. The molecule has 0 atom stereocenters. The normalized spacial score (nSPS) is 10.9. The van der Waals surface area contributed by atoms with Crippen LogP contribution in [0.4, 0.5) is 8.78 Å². The minimum atomic E-state index is -0.815. The predicted octanol–water partition coefficient (Wildman–Crippen LogP) is 3.59. The average Bonchev–Trinajstić information content (AvgIpc) is 2.41. The minimum absolute atomic E-state index is 0.0759. The molecule has 0 saturated carbocycles. The molecule has 4 heteroatoms. The molecule has 110 valence electrons. The van der Waals surface area contributed by atoms with Crippen LogP contribution in [-0.2, 0) is 6.54 Å². The van der Waals surface area contributed by atoms with Gasteiger partial charge in [0.2, 0.25) is 0 Å². The first-order valence-electron chi connectivity index (χ1n) is 6.68. The number of Topliss-reactive ketones (excluding diaryl/α,β-unsaturated/α-hetero) is 1. The Hall–Kier alpha value is -2.07. The van der Waals surface area contributed by atoms with Gasteiger partial charge in [-0.2, -0.15) is 0 Å². The number of carbonyl (C=O) groups is 1. The Morgan fingerprint density at radius 2 is 1.86 bits per heavy atom. The molecule has 0 amide bonds. The van der Waals surface area contributed by atoms with E-state index in [1.165, 1.54) is 6.07 Å². The maximum Gasteiger partial charge on any atom is 0.179 e. The third-order valence-corrected chi connectivity index (χ3v) is 3.35. The first-order chi connectivity index (χ1) is 9.97. The van der Waals surface area contributed by atoms with Gasteiger partial charge in [0, 0.05) is 12.6 Å². The molecule has 0 aliphatic rings. The summed E-state index contributed by atoms with van der Waals surface area (Å²) in [6.07, 6.45) is 0. The largest absolute Gasteiger partial charge is 0.295 e. The molecule has 0 spiro atoms. The van der Waals surface area contributed by atoms with Crippen LogP contribution in [-0.4, -0.2) is 24.3 Å². The van der Waals surface area contributed by atoms with Gasteiger partial charge in [0.1, 0.15) is 11.6 Å². The van der Waals surface area contributed by atoms with Gasteiger partial charge in [-0.3, -0.25) is 9.69 Å². The molecule has 0 saturated heterocycles. The van der Waals surface area contributed by atoms with Crippen molar-refractivity contribution in [3.63, 3.8) is 0 Å². The molecule has 2 aromatic carbocycles. The molecule has 0 heterocycles. The Morgan fingerprint density at radius 3 is 2.52 bits per heavy atom. The van der Waals surface area contributed by atoms with Crippen molar-refractivity contribution in [2.75, 3.05) is 13.6 Å². The molecule has 0 fully saturated rings. The van der Waals surface area contributed by atoms with Crippen LogP contribution in [0.15, 0.2) is 42.5 Å². The van der Waals surface area contributed by atoms with E-state index in [0.717, 1.165) is 23.3 Å². The Kier molecular flexibility index (Phi) is 4.81. The smallest absolute Gasteiger partial charge is 0.179 e. The fourth-order valence-corrected chi connectivity index (χ4v) is 2.18. The zero-order valence-corrected chi connectivity index (χ0v) is 12.1. The van der Waals surface area contributed by atoms with E-state index in [1.807, 2.05) is 36.1 Å². The average molecular weight is 289 g/mol. The zero-order chi connectivity index (χ0) is 15.4. The van der Waals surface area contributed by atoms with E-state index in [2.05, 4.69) is 0 Å². The lowest BCUT2D eigenvalue weighted by Crippen LogP contribution is -2.26. The van der Waals surface area contributed by atoms with Crippen LogP contribution in [0.1, 0.15) is 21.5 Å². The van der Waals surface area contributed by atoms with E-state index >= 15 is 0 Å². The number of hydrogen-bond acceptors (Lipinski definition) is 2. The van der Waals surface area contributed by atoms with Gasteiger partial charge in [-0.05, 0) is 37.2 Å². The highest BCUT2D eigenvalue weighted by molar-refractivity contribution is 5.97. The zero-order valence-electron chi connectivity index (χ0n) is 12.1. The second kappa shape index (κ2) is 6.59. The maximum atomic E-state index is 13.6. The Labute approximate surface area is 123 Å². The van der Waals surface area contributed by atoms with E-state index < -0.39 is 11.6 Å². The number of benzene rings is 2. The molecule has 0 aliphatic heterocycles. The summed E-state index contributed by atoms with van der Waals surface area (Å²) in [5.41, 5.74) is 2.19. The summed E-state index contributed by atoms with van der Waals surface area (Å²) in [6, 6.07) is 10.9. The SMILES string of the molecule is Cc1ccccc1CN(C)CC(=O)c1ccc(F)cc1F. The number of likely N-dealkylation sites (N-methyl/N-ethyl adjacent to an activating group) is 1. The molecule has 0 aliphatic carbocycles. The summed E-state index contributed by atoms with van der Waals surface area (Å²) >= 11 is 0. The lowest BCUT2D eigenvalue weighted by atomic mass is 10.1. The first kappa shape index (κ1) is 15.3. The molecule has 0 N–H and O–H groups in total. The van der Waals surface area contributed by atoms with Gasteiger partial charge in [0.25, 0.3) is 0 Å². The van der Waals surface area contributed by atoms with Crippen LogP contribution in [0, 0.1) is 18.6 Å². The van der Waals surface area contributed by atoms with Gasteiger partial charge in [0.05, 0.1) is 12.1 Å². The van der Waals surface area contributed by atoms with Gasteiger partial charge in [-0.1, -0.05) is 24.3 Å². The molecule has 2 rings (SSSR count). The van der Waals surface area contributed by atoms with Gasteiger partial charge in [-0.25, -0.2) is 8.78 Å². The molecule has 21 heavy (non-hydrogen) atoms. The van der Waals surface area contributed by atoms with Crippen molar-refractivity contribution < 1.29 is 13.6 Å². The second-order valence-corrected chi connectivity index (χ2v) is 5.15. The van der Waals surface area contributed by atoms with Gasteiger partial charge in [-0.15, -0.1) is 0 Å². The molecule has 2 nitrogen and oxygen atoms in total. The van der Waals surface area contributed by atoms with Gasteiger partial charge in [0.15, 0.2) is 5.78 Å². The minimum Gasteiger partial charge on any atom is -0.295 e. The lowest BCUT2D eigenvalue weighted by molar-refractivity contribution is 0.0939. The number of carbonyl (C=O) groups excluding carboxylic acids is 1. The summed E-state index contributed by atoms with van der Waals surface area (Å²) in [4.78, 5) is 13.9.